The highest BCUT2D eigenvalue weighted by Crippen LogP contribution is 2.68. The molecule has 0 aromatic rings. The lowest BCUT2D eigenvalue weighted by Gasteiger charge is -2.63. The monoisotopic (exact) mass is 408 g/mol. The summed E-state index contributed by atoms with van der Waals surface area (Å²) in [5, 5.41) is 42.0. The second kappa shape index (κ2) is 7.49. The summed E-state index contributed by atoms with van der Waals surface area (Å²) in [6, 6.07) is 0. The largest absolute Gasteiger partial charge is 0.481 e. The Bertz CT molecular complexity index is 637. The number of hydrogen-bond acceptors (Lipinski definition) is 4. The van der Waals surface area contributed by atoms with Crippen LogP contribution in [0.1, 0.15) is 78.6 Å². The van der Waals surface area contributed by atoms with Crippen LogP contribution in [0.4, 0.5) is 0 Å². The number of aliphatic carboxylic acids is 1. The molecule has 11 atom stereocenters. The summed E-state index contributed by atoms with van der Waals surface area (Å²) in [5.41, 5.74) is -0.143. The highest BCUT2D eigenvalue weighted by atomic mass is 16.4. The lowest BCUT2D eigenvalue weighted by molar-refractivity contribution is -0.207. The van der Waals surface area contributed by atoms with E-state index < -0.39 is 12.1 Å². The predicted molar refractivity (Wildman–Crippen MR) is 110 cm³/mol. The van der Waals surface area contributed by atoms with Gasteiger partial charge in [-0.05, 0) is 97.7 Å². The van der Waals surface area contributed by atoms with Crippen molar-refractivity contribution in [1.29, 1.82) is 0 Å². The number of carboxylic acids is 1. The number of carboxylic acid groups (broad SMARTS) is 1. The molecule has 0 aliphatic heterocycles. The summed E-state index contributed by atoms with van der Waals surface area (Å²) in [7, 11) is 0. The Labute approximate surface area is 174 Å². The molecule has 4 fully saturated rings. The maximum Gasteiger partial charge on any atom is 0.303 e. The minimum Gasteiger partial charge on any atom is -0.481 e. The molecule has 0 bridgehead atoms. The van der Waals surface area contributed by atoms with Gasteiger partial charge in [-0.15, -0.1) is 0 Å². The Hall–Kier alpha value is -0.650. The summed E-state index contributed by atoms with van der Waals surface area (Å²) in [5.74, 6) is 0.997. The fraction of sp³-hybridized carbons (Fsp3) is 0.958. The van der Waals surface area contributed by atoms with E-state index in [9.17, 15) is 20.1 Å². The molecule has 0 radical (unpaired) electrons. The Morgan fingerprint density at radius 2 is 1.76 bits per heavy atom. The van der Waals surface area contributed by atoms with E-state index in [0.29, 0.717) is 30.1 Å². The lowest BCUT2D eigenvalue weighted by Crippen LogP contribution is -2.62. The number of rotatable bonds is 4. The van der Waals surface area contributed by atoms with Crippen LogP contribution in [-0.2, 0) is 4.79 Å². The van der Waals surface area contributed by atoms with Crippen LogP contribution >= 0.6 is 0 Å². The first-order valence-corrected chi connectivity index (χ1v) is 11.8. The van der Waals surface area contributed by atoms with Gasteiger partial charge < -0.3 is 20.4 Å². The van der Waals surface area contributed by atoms with Gasteiger partial charge in [-0.2, -0.15) is 0 Å². The molecule has 0 heterocycles. The van der Waals surface area contributed by atoms with Crippen molar-refractivity contribution >= 4 is 5.97 Å². The zero-order valence-electron chi connectivity index (χ0n) is 18.3. The van der Waals surface area contributed by atoms with E-state index in [4.69, 9.17) is 5.11 Å². The molecule has 0 saturated heterocycles. The molecule has 166 valence electrons. The molecule has 4 rings (SSSR count). The number of aliphatic hydroxyl groups excluding tert-OH is 3. The van der Waals surface area contributed by atoms with E-state index >= 15 is 0 Å². The second-order valence-corrected chi connectivity index (χ2v) is 11.4. The van der Waals surface area contributed by atoms with Crippen LogP contribution in [0.15, 0.2) is 0 Å². The van der Waals surface area contributed by atoms with Crippen molar-refractivity contribution in [3.63, 3.8) is 0 Å². The molecule has 5 heteroatoms. The van der Waals surface area contributed by atoms with Gasteiger partial charge in [0.2, 0.25) is 0 Å². The molecule has 0 amide bonds. The topological polar surface area (TPSA) is 98.0 Å². The third-order valence-electron chi connectivity index (χ3n) is 10.3. The Kier molecular flexibility index (Phi) is 5.57. The third kappa shape index (κ3) is 3.27. The molecule has 4 N–H and O–H groups in total. The van der Waals surface area contributed by atoms with Crippen LogP contribution < -0.4 is 0 Å². The molecule has 0 aromatic heterocycles. The molecular formula is C24H40O5. The third-order valence-corrected chi connectivity index (χ3v) is 10.3. The maximum atomic E-state index is 11.5. The van der Waals surface area contributed by atoms with Gasteiger partial charge in [0.25, 0.3) is 0 Å². The van der Waals surface area contributed by atoms with Gasteiger partial charge in [0.15, 0.2) is 0 Å². The zero-order valence-corrected chi connectivity index (χ0v) is 18.3. The van der Waals surface area contributed by atoms with Gasteiger partial charge in [-0.3, -0.25) is 4.79 Å². The van der Waals surface area contributed by atoms with Crippen molar-refractivity contribution in [2.45, 2.75) is 96.9 Å². The van der Waals surface area contributed by atoms with Crippen molar-refractivity contribution < 1.29 is 25.2 Å². The SMILES string of the molecule is C[C@H](CCC(=O)O)[C@@H]1CCC2[C@@H]3[C@H](O)C[C@@H]4C[C@H](O)CC[C@]4(C)[C@H]3C[C@H](O)[C@@]21C. The summed E-state index contributed by atoms with van der Waals surface area (Å²) in [6.45, 7) is 6.72. The summed E-state index contributed by atoms with van der Waals surface area (Å²) in [4.78, 5) is 11.1. The molecule has 4 saturated carbocycles. The number of fused-ring (bicyclic) bond motifs is 5. The van der Waals surface area contributed by atoms with Crippen molar-refractivity contribution in [3.05, 3.63) is 0 Å². The average molecular weight is 409 g/mol. The van der Waals surface area contributed by atoms with E-state index in [0.717, 1.165) is 44.9 Å². The van der Waals surface area contributed by atoms with E-state index in [-0.39, 0.29) is 41.3 Å². The van der Waals surface area contributed by atoms with Gasteiger partial charge in [0.1, 0.15) is 0 Å². The number of aliphatic hydroxyl groups is 3. The second-order valence-electron chi connectivity index (χ2n) is 11.4. The average Bonchev–Trinajstić information content (AvgIpc) is 3.01. The Morgan fingerprint density at radius 1 is 1.03 bits per heavy atom. The van der Waals surface area contributed by atoms with Crippen molar-refractivity contribution in [2.75, 3.05) is 0 Å². The first-order valence-electron chi connectivity index (χ1n) is 11.8. The maximum absolute atomic E-state index is 11.5. The van der Waals surface area contributed by atoms with Crippen LogP contribution in [0, 0.1) is 46.3 Å². The van der Waals surface area contributed by atoms with Gasteiger partial charge in [0.05, 0.1) is 18.3 Å². The normalized spacial score (nSPS) is 52.9. The van der Waals surface area contributed by atoms with Crippen LogP contribution in [-0.4, -0.2) is 44.7 Å². The van der Waals surface area contributed by atoms with E-state index in [2.05, 4.69) is 20.8 Å². The van der Waals surface area contributed by atoms with Crippen LogP contribution in [0.25, 0.3) is 0 Å². The molecule has 4 aliphatic rings. The molecular weight excluding hydrogens is 368 g/mol. The molecule has 0 aromatic carbocycles. The van der Waals surface area contributed by atoms with Crippen molar-refractivity contribution in [3.8, 4) is 0 Å². The Morgan fingerprint density at radius 3 is 2.45 bits per heavy atom. The number of hydrogen-bond donors (Lipinski definition) is 4. The van der Waals surface area contributed by atoms with Gasteiger partial charge in [-0.1, -0.05) is 20.8 Å². The minimum atomic E-state index is -0.748. The fourth-order valence-electron chi connectivity index (χ4n) is 8.68. The number of carbonyl (C=O) groups is 1. The summed E-state index contributed by atoms with van der Waals surface area (Å²) in [6.07, 6.45) is 6.00. The standard InChI is InChI=1S/C24H40O5/c1-13(4-7-21(28)29)16-5-6-17-22-18(12-20(27)24(16,17)3)23(2)9-8-15(25)10-14(23)11-19(22)26/h13-20,22,25-27H,4-12H2,1-3H3,(H,28,29)/t13-,14+,15-,16+,17?,18+,19-,20+,22+,23+,24-/m1/s1. The first kappa shape index (κ1) is 21.6. The molecule has 29 heavy (non-hydrogen) atoms. The quantitative estimate of drug-likeness (QED) is 0.571. The Balaban J connectivity index is 1.61. The van der Waals surface area contributed by atoms with E-state index in [1.165, 1.54) is 0 Å². The fourth-order valence-corrected chi connectivity index (χ4v) is 8.68. The molecule has 1 unspecified atom stereocenters. The predicted octanol–water partition coefficient (Wildman–Crippen LogP) is 3.45. The smallest absolute Gasteiger partial charge is 0.303 e. The van der Waals surface area contributed by atoms with Crippen LogP contribution in [0.5, 0.6) is 0 Å². The molecule has 4 aliphatic carbocycles. The van der Waals surface area contributed by atoms with E-state index in [1.54, 1.807) is 0 Å². The van der Waals surface area contributed by atoms with Gasteiger partial charge in [0, 0.05) is 6.42 Å². The summed E-state index contributed by atoms with van der Waals surface area (Å²) < 4.78 is 0. The molecule has 5 nitrogen and oxygen atoms in total. The lowest BCUT2D eigenvalue weighted by atomic mass is 9.43. The highest BCUT2D eigenvalue weighted by Gasteiger charge is 2.65. The van der Waals surface area contributed by atoms with E-state index in [1.807, 2.05) is 0 Å². The van der Waals surface area contributed by atoms with Crippen molar-refractivity contribution in [1.82, 2.24) is 0 Å². The highest BCUT2D eigenvalue weighted by molar-refractivity contribution is 5.66. The zero-order chi connectivity index (χ0) is 21.1. The minimum absolute atomic E-state index is 0.0957. The first-order chi connectivity index (χ1) is 13.6. The van der Waals surface area contributed by atoms with Crippen molar-refractivity contribution in [2.24, 2.45) is 46.3 Å². The van der Waals surface area contributed by atoms with Gasteiger partial charge in [-0.25, -0.2) is 0 Å². The van der Waals surface area contributed by atoms with Crippen LogP contribution in [0.2, 0.25) is 0 Å². The molecule has 0 spiro atoms. The van der Waals surface area contributed by atoms with Crippen LogP contribution in [0.3, 0.4) is 0 Å². The summed E-state index contributed by atoms with van der Waals surface area (Å²) >= 11 is 0. The van der Waals surface area contributed by atoms with Gasteiger partial charge >= 0.3 is 5.97 Å².